The van der Waals surface area contributed by atoms with Crippen molar-refractivity contribution in [1.82, 2.24) is 9.62 Å². The number of carboxylic acid groups (broad SMARTS) is 1. The first-order valence-corrected chi connectivity index (χ1v) is 15.5. The number of rotatable bonds is 13. The fourth-order valence-corrected chi connectivity index (χ4v) is 7.77. The molecule has 224 valence electrons. The number of nitrogens with zero attached hydrogens (tertiary/aromatic N) is 2. The lowest BCUT2D eigenvalue weighted by molar-refractivity contribution is -0.145. The monoisotopic (exact) mass is 596 g/mol. The summed E-state index contributed by atoms with van der Waals surface area (Å²) in [6.07, 6.45) is 2.02. The van der Waals surface area contributed by atoms with Crippen LogP contribution >= 0.6 is 0 Å². The van der Waals surface area contributed by atoms with Crippen molar-refractivity contribution in [3.8, 4) is 0 Å². The molecule has 2 aromatic rings. The van der Waals surface area contributed by atoms with Gasteiger partial charge >= 0.3 is 5.97 Å². The lowest BCUT2D eigenvalue weighted by Gasteiger charge is -2.49. The number of hydrogen-bond donors (Lipinski definition) is 3. The molecule has 2 saturated heterocycles. The topological polar surface area (TPSA) is 176 Å². The lowest BCUT2D eigenvalue weighted by Crippen LogP contribution is -2.60. The highest BCUT2D eigenvalue weighted by Crippen LogP contribution is 2.43. The Labute approximate surface area is 245 Å². The second-order valence-electron chi connectivity index (χ2n) is 10.9. The predicted octanol–water partition coefficient (Wildman–Crippen LogP) is 3.07. The Morgan fingerprint density at radius 3 is 2.36 bits per heavy atom. The van der Waals surface area contributed by atoms with Gasteiger partial charge in [0.2, 0.25) is 15.9 Å². The summed E-state index contributed by atoms with van der Waals surface area (Å²) in [7, 11) is -3.97. The van der Waals surface area contributed by atoms with Crippen molar-refractivity contribution in [3.63, 3.8) is 0 Å². The summed E-state index contributed by atoms with van der Waals surface area (Å²) >= 11 is 0. The van der Waals surface area contributed by atoms with Gasteiger partial charge in [-0.05, 0) is 62.8 Å². The smallest absolute Gasteiger partial charge is 0.308 e. The number of aliphatic carboxylic acids is 1. The number of fused-ring (bicyclic) bond motifs is 3. The fraction of sp³-hybridized carbons (Fsp3) is 0.433. The van der Waals surface area contributed by atoms with Gasteiger partial charge in [-0.25, -0.2) is 13.4 Å². The van der Waals surface area contributed by atoms with Crippen LogP contribution in [0.3, 0.4) is 0 Å². The van der Waals surface area contributed by atoms with Crippen LogP contribution in [0.15, 0.2) is 64.5 Å². The number of carbonyl (C=O) groups excluding carboxylic acids is 3. The van der Waals surface area contributed by atoms with Crippen LogP contribution in [-0.2, 0) is 24.4 Å². The van der Waals surface area contributed by atoms with Gasteiger partial charge in [0.05, 0.1) is 28.4 Å². The number of Topliss-reactive ketones (excluding diaryl/α,β-unsaturated/α-hetero) is 2. The maximum absolute atomic E-state index is 13.6. The zero-order valence-electron chi connectivity index (χ0n) is 23.4. The molecule has 3 fully saturated rings. The number of amides is 1. The van der Waals surface area contributed by atoms with E-state index in [0.717, 1.165) is 0 Å². The first-order valence-electron chi connectivity index (χ1n) is 14.0. The van der Waals surface area contributed by atoms with Gasteiger partial charge in [-0.15, -0.1) is 0 Å². The number of carbonyl (C=O) groups is 4. The van der Waals surface area contributed by atoms with Crippen LogP contribution in [0, 0.1) is 11.8 Å². The van der Waals surface area contributed by atoms with E-state index in [9.17, 15) is 32.7 Å². The molecule has 0 radical (unpaired) electrons. The molecule has 42 heavy (non-hydrogen) atoms. The van der Waals surface area contributed by atoms with E-state index < -0.39 is 46.1 Å². The van der Waals surface area contributed by atoms with Gasteiger partial charge in [-0.2, -0.15) is 4.31 Å². The lowest BCUT2D eigenvalue weighted by atomic mass is 9.74. The fourth-order valence-electron chi connectivity index (χ4n) is 5.83. The number of hydrogen-bond acceptors (Lipinski definition) is 7. The van der Waals surface area contributed by atoms with Gasteiger partial charge in [0, 0.05) is 37.4 Å². The van der Waals surface area contributed by atoms with Crippen molar-refractivity contribution in [1.29, 1.82) is 0 Å². The maximum atomic E-state index is 13.6. The van der Waals surface area contributed by atoms with Crippen LogP contribution in [0.1, 0.15) is 62.2 Å². The zero-order valence-corrected chi connectivity index (χ0v) is 24.3. The molecule has 3 aliphatic rings. The number of amidine groups is 1. The van der Waals surface area contributed by atoms with Crippen LogP contribution in [0.5, 0.6) is 0 Å². The minimum atomic E-state index is -3.97. The second kappa shape index (κ2) is 13.4. The number of ketones is 2. The summed E-state index contributed by atoms with van der Waals surface area (Å²) in [5, 5.41) is 12.3. The van der Waals surface area contributed by atoms with Crippen molar-refractivity contribution in [2.24, 2.45) is 22.6 Å². The normalized spacial score (nSPS) is 21.5. The third kappa shape index (κ3) is 7.29. The number of piperidine rings is 2. The van der Waals surface area contributed by atoms with Gasteiger partial charge in [0.1, 0.15) is 0 Å². The average molecular weight is 597 g/mol. The maximum Gasteiger partial charge on any atom is 0.308 e. The van der Waals surface area contributed by atoms with Crippen LogP contribution in [0.2, 0.25) is 0 Å². The minimum Gasteiger partial charge on any atom is -0.481 e. The SMILES string of the molecule is CC(N)=Nc1cccc(C(=O)CCC(=O)NCC(CC(=O)C2C3CCC(CC3)N2S(=O)(=O)c2ccccc2)C(=O)O)c1. The number of sulfonamides is 1. The van der Waals surface area contributed by atoms with E-state index in [2.05, 4.69) is 10.3 Å². The molecule has 12 heteroatoms. The van der Waals surface area contributed by atoms with E-state index in [-0.39, 0.29) is 42.0 Å². The molecule has 2 heterocycles. The largest absolute Gasteiger partial charge is 0.481 e. The number of nitrogens with two attached hydrogens (primary N) is 1. The van der Waals surface area contributed by atoms with E-state index in [0.29, 0.717) is 42.8 Å². The van der Waals surface area contributed by atoms with Crippen LogP contribution < -0.4 is 11.1 Å². The molecule has 1 amide bonds. The number of nitrogens with one attached hydrogen (secondary N) is 1. The number of aliphatic imine (C=N–C) groups is 1. The highest BCUT2D eigenvalue weighted by molar-refractivity contribution is 7.89. The van der Waals surface area contributed by atoms with Gasteiger partial charge in [-0.3, -0.25) is 19.2 Å². The Kier molecular flexibility index (Phi) is 9.89. The molecule has 2 aromatic carbocycles. The quantitative estimate of drug-likeness (QED) is 0.179. The Bertz CT molecular complexity index is 1460. The van der Waals surface area contributed by atoms with Crippen molar-refractivity contribution in [3.05, 3.63) is 60.2 Å². The summed E-state index contributed by atoms with van der Waals surface area (Å²) in [5.41, 5.74) is 6.47. The number of carboxylic acids is 1. The molecule has 2 atom stereocenters. The summed E-state index contributed by atoms with van der Waals surface area (Å²) in [6.45, 7) is 1.30. The molecule has 1 saturated carbocycles. The third-order valence-electron chi connectivity index (χ3n) is 7.87. The van der Waals surface area contributed by atoms with Gasteiger partial charge in [0.25, 0.3) is 0 Å². The molecule has 1 aliphatic carbocycles. The second-order valence-corrected chi connectivity index (χ2v) is 12.7. The summed E-state index contributed by atoms with van der Waals surface area (Å²) in [5.74, 6) is -3.64. The summed E-state index contributed by atoms with van der Waals surface area (Å²) < 4.78 is 28.5. The van der Waals surface area contributed by atoms with Gasteiger partial charge in [0.15, 0.2) is 11.6 Å². The molecular formula is C30H36N4O7S. The van der Waals surface area contributed by atoms with Crippen molar-refractivity contribution in [2.75, 3.05) is 6.54 Å². The highest BCUT2D eigenvalue weighted by Gasteiger charge is 2.51. The van der Waals surface area contributed by atoms with Gasteiger partial charge in [-0.1, -0.05) is 30.3 Å². The van der Waals surface area contributed by atoms with E-state index in [1.54, 1.807) is 49.4 Å². The Morgan fingerprint density at radius 1 is 1.02 bits per heavy atom. The molecule has 2 aliphatic heterocycles. The van der Waals surface area contributed by atoms with Crippen LogP contribution in [0.4, 0.5) is 5.69 Å². The molecular weight excluding hydrogens is 560 g/mol. The molecule has 4 N–H and O–H groups in total. The molecule has 2 unspecified atom stereocenters. The number of benzene rings is 2. The molecule has 5 rings (SSSR count). The van der Waals surface area contributed by atoms with E-state index in [1.807, 2.05) is 0 Å². The van der Waals surface area contributed by atoms with E-state index >= 15 is 0 Å². The van der Waals surface area contributed by atoms with Gasteiger partial charge < -0.3 is 16.2 Å². The van der Waals surface area contributed by atoms with Crippen LogP contribution in [0.25, 0.3) is 0 Å². The standard InChI is InChI=1S/C30H36N4O7S/c1-19(31)33-23-7-5-6-21(16-23)26(35)14-15-28(37)32-18-22(30(38)39)17-27(36)29-20-10-12-24(13-11-20)34(29)42(40,41)25-8-3-2-4-9-25/h2-9,16,20,22,24,29H,10-15,17-18H2,1H3,(H2,31,33)(H,32,37)(H,38,39). The first kappa shape index (κ1) is 31.0. The Hall–Kier alpha value is -3.90. The molecule has 11 nitrogen and oxygen atoms in total. The average Bonchev–Trinajstić information content (AvgIpc) is 2.98. The highest BCUT2D eigenvalue weighted by atomic mass is 32.2. The third-order valence-corrected chi connectivity index (χ3v) is 9.81. The van der Waals surface area contributed by atoms with E-state index in [1.165, 1.54) is 16.4 Å². The first-order chi connectivity index (χ1) is 20.0. The molecule has 2 bridgehead atoms. The van der Waals surface area contributed by atoms with Crippen molar-refractivity contribution >= 4 is 45.0 Å². The van der Waals surface area contributed by atoms with Crippen molar-refractivity contribution in [2.45, 2.75) is 68.8 Å². The predicted molar refractivity (Wildman–Crippen MR) is 156 cm³/mol. The zero-order chi connectivity index (χ0) is 30.4. The summed E-state index contributed by atoms with van der Waals surface area (Å²) in [6, 6.07) is 13.2. The van der Waals surface area contributed by atoms with E-state index in [4.69, 9.17) is 5.73 Å². The Balaban J connectivity index is 1.37. The van der Waals surface area contributed by atoms with Crippen LogP contribution in [-0.4, -0.2) is 65.7 Å². The molecule has 0 spiro atoms. The minimum absolute atomic E-state index is 0.0980. The van der Waals surface area contributed by atoms with Crippen molar-refractivity contribution < 1.29 is 32.7 Å². The summed E-state index contributed by atoms with van der Waals surface area (Å²) in [4.78, 5) is 54.9. The Morgan fingerprint density at radius 2 is 1.71 bits per heavy atom. The molecule has 0 aromatic heterocycles.